The number of hydrogen-bond donors (Lipinski definition) is 1. The molecule has 11 heteroatoms. The highest BCUT2D eigenvalue weighted by molar-refractivity contribution is 7.90. The van der Waals surface area contributed by atoms with Crippen molar-refractivity contribution in [2.75, 3.05) is 12.9 Å². The van der Waals surface area contributed by atoms with Crippen molar-refractivity contribution in [2.24, 2.45) is 0 Å². The largest absolute Gasteiger partial charge is 0.490 e. The summed E-state index contributed by atoms with van der Waals surface area (Å²) in [6.07, 6.45) is 1.18. The van der Waals surface area contributed by atoms with E-state index in [1.54, 1.807) is 12.1 Å². The van der Waals surface area contributed by atoms with E-state index >= 15 is 0 Å². The van der Waals surface area contributed by atoms with Crippen LogP contribution in [0.25, 0.3) is 21.1 Å². The van der Waals surface area contributed by atoms with Crippen LogP contribution in [0.15, 0.2) is 36.4 Å². The van der Waals surface area contributed by atoms with E-state index in [0.717, 1.165) is 29.4 Å². The second kappa shape index (κ2) is 10.1. The molecule has 0 amide bonds. The normalized spacial score (nSPS) is 15.0. The molecule has 1 aliphatic rings. The number of benzene rings is 2. The van der Waals surface area contributed by atoms with E-state index in [1.807, 2.05) is 38.1 Å². The number of carbonyl (C=O) groups excluding carboxylic acids is 1. The molecule has 0 radical (unpaired) electrons. The fraction of sp³-hybridized carbons (Fsp3) is 0.333. The first-order chi connectivity index (χ1) is 16.7. The Morgan fingerprint density at radius 2 is 2.03 bits per heavy atom. The third kappa shape index (κ3) is 5.51. The molecule has 1 aliphatic carbocycles. The molecule has 4 rings (SSSR count). The number of esters is 1. The van der Waals surface area contributed by atoms with Crippen molar-refractivity contribution in [3.05, 3.63) is 53.1 Å². The van der Waals surface area contributed by atoms with Gasteiger partial charge in [0.1, 0.15) is 21.8 Å². The average molecular weight is 513 g/mol. The number of ether oxygens (including phenoxy) is 2. The van der Waals surface area contributed by atoms with Gasteiger partial charge in [0.15, 0.2) is 5.75 Å². The van der Waals surface area contributed by atoms with E-state index in [0.29, 0.717) is 34.2 Å². The molecule has 0 bridgehead atoms. The second-order valence-corrected chi connectivity index (χ2v) is 11.1. The lowest BCUT2D eigenvalue weighted by Gasteiger charge is -2.14. The summed E-state index contributed by atoms with van der Waals surface area (Å²) in [7, 11) is -2.68. The van der Waals surface area contributed by atoms with Crippen LogP contribution < -0.4 is 9.46 Å². The molecule has 0 fully saturated rings. The first-order valence-corrected chi connectivity index (χ1v) is 13.4. The van der Waals surface area contributed by atoms with E-state index in [1.165, 1.54) is 11.3 Å². The smallest absolute Gasteiger partial charge is 0.322 e. The number of sulfonamides is 1. The molecular formula is C24H24N4O5S2. The lowest BCUT2D eigenvalue weighted by Crippen LogP contribution is -2.33. The van der Waals surface area contributed by atoms with Crippen LogP contribution in [0.4, 0.5) is 0 Å². The number of nitrogens with zero attached hydrogens (tertiary/aromatic N) is 3. The fourth-order valence-corrected chi connectivity index (χ4v) is 6.09. The van der Waals surface area contributed by atoms with Crippen LogP contribution in [0.5, 0.6) is 5.75 Å². The molecule has 1 N–H and O–H groups in total. The number of aromatic nitrogens is 2. The third-order valence-electron chi connectivity index (χ3n) is 5.49. The quantitative estimate of drug-likeness (QED) is 0.453. The highest BCUT2D eigenvalue weighted by atomic mass is 32.2. The lowest BCUT2D eigenvalue weighted by molar-refractivity contribution is -0.137. The minimum absolute atomic E-state index is 0.0463. The van der Waals surface area contributed by atoms with Crippen LogP contribution in [-0.2, 0) is 26.0 Å². The molecule has 1 unspecified atom stereocenters. The van der Waals surface area contributed by atoms with Crippen LogP contribution in [-0.4, -0.2) is 43.6 Å². The predicted octanol–water partition coefficient (Wildman–Crippen LogP) is 3.61. The molecule has 1 heterocycles. The molecule has 35 heavy (non-hydrogen) atoms. The lowest BCUT2D eigenvalue weighted by atomic mass is 10.0. The summed E-state index contributed by atoms with van der Waals surface area (Å²) in [5, 5.41) is 19.6. The molecule has 0 saturated carbocycles. The molecule has 1 atom stereocenters. The zero-order valence-corrected chi connectivity index (χ0v) is 21.1. The average Bonchev–Trinajstić information content (AvgIpc) is 3.46. The monoisotopic (exact) mass is 512 g/mol. The van der Waals surface area contributed by atoms with Gasteiger partial charge < -0.3 is 9.47 Å². The van der Waals surface area contributed by atoms with E-state index in [9.17, 15) is 18.5 Å². The molecule has 9 nitrogen and oxygen atoms in total. The van der Waals surface area contributed by atoms with Crippen LogP contribution in [0, 0.1) is 11.3 Å². The number of nitrogens with one attached hydrogen (secondary N) is 1. The summed E-state index contributed by atoms with van der Waals surface area (Å²) in [5.41, 5.74) is 3.94. The molecule has 2 aromatic carbocycles. The van der Waals surface area contributed by atoms with E-state index in [4.69, 9.17) is 4.74 Å². The van der Waals surface area contributed by atoms with Crippen molar-refractivity contribution in [3.63, 3.8) is 0 Å². The summed E-state index contributed by atoms with van der Waals surface area (Å²) < 4.78 is 37.5. The molecule has 182 valence electrons. The Morgan fingerprint density at radius 1 is 1.26 bits per heavy atom. The Kier molecular flexibility index (Phi) is 7.16. The summed E-state index contributed by atoms with van der Waals surface area (Å²) >= 11 is 1.40. The van der Waals surface area contributed by atoms with Gasteiger partial charge in [-0.3, -0.25) is 4.79 Å². The number of hydrogen-bond acceptors (Lipinski definition) is 9. The Hall–Kier alpha value is -3.33. The molecule has 1 aromatic heterocycles. The SMILES string of the molecule is COC(=O)CS(=O)(=O)NC1CCc2c(-c3nnc(-c4ccc(OC(C)C)c(C#N)c4)s3)cccc21. The molecule has 0 aliphatic heterocycles. The molecule has 3 aromatic rings. The minimum atomic E-state index is -3.83. The Balaban J connectivity index is 1.60. The van der Waals surface area contributed by atoms with Gasteiger partial charge in [0.2, 0.25) is 10.0 Å². The zero-order valence-electron chi connectivity index (χ0n) is 19.4. The summed E-state index contributed by atoms with van der Waals surface area (Å²) in [6, 6.07) is 12.8. The summed E-state index contributed by atoms with van der Waals surface area (Å²) in [6.45, 7) is 3.80. The van der Waals surface area contributed by atoms with Gasteiger partial charge in [0, 0.05) is 17.2 Å². The molecular weight excluding hydrogens is 488 g/mol. The van der Waals surface area contributed by atoms with Crippen molar-refractivity contribution in [1.29, 1.82) is 5.26 Å². The van der Waals surface area contributed by atoms with Crippen molar-refractivity contribution >= 4 is 27.3 Å². The van der Waals surface area contributed by atoms with Gasteiger partial charge in [0.25, 0.3) is 0 Å². The van der Waals surface area contributed by atoms with Gasteiger partial charge in [0.05, 0.1) is 18.8 Å². The highest BCUT2D eigenvalue weighted by Crippen LogP contribution is 2.40. The van der Waals surface area contributed by atoms with Crippen LogP contribution in [0.3, 0.4) is 0 Å². The van der Waals surface area contributed by atoms with E-state index in [2.05, 4.69) is 25.7 Å². The first kappa shape index (κ1) is 24.8. The van der Waals surface area contributed by atoms with Gasteiger partial charge in [-0.2, -0.15) is 5.26 Å². The van der Waals surface area contributed by atoms with Gasteiger partial charge in [-0.15, -0.1) is 10.2 Å². The van der Waals surface area contributed by atoms with Crippen LogP contribution in [0.2, 0.25) is 0 Å². The molecule has 0 saturated heterocycles. The number of fused-ring (bicyclic) bond motifs is 1. The fourth-order valence-electron chi connectivity index (χ4n) is 4.01. The maximum atomic E-state index is 12.4. The minimum Gasteiger partial charge on any atom is -0.490 e. The second-order valence-electron chi connectivity index (χ2n) is 8.32. The maximum Gasteiger partial charge on any atom is 0.322 e. The number of rotatable bonds is 8. The maximum absolute atomic E-state index is 12.4. The van der Waals surface area contributed by atoms with Gasteiger partial charge in [-0.1, -0.05) is 29.5 Å². The van der Waals surface area contributed by atoms with Crippen molar-refractivity contribution in [1.82, 2.24) is 14.9 Å². The van der Waals surface area contributed by atoms with Crippen LogP contribution in [0.1, 0.15) is 43.0 Å². The van der Waals surface area contributed by atoms with Crippen molar-refractivity contribution in [2.45, 2.75) is 38.8 Å². The van der Waals surface area contributed by atoms with Crippen LogP contribution >= 0.6 is 11.3 Å². The van der Waals surface area contributed by atoms with Crippen molar-refractivity contribution < 1.29 is 22.7 Å². The van der Waals surface area contributed by atoms with Gasteiger partial charge >= 0.3 is 5.97 Å². The summed E-state index contributed by atoms with van der Waals surface area (Å²) in [5.74, 6) is -1.01. The Labute approximate surface area is 207 Å². The standard InChI is InChI=1S/C24H24N4O5S2/c1-14(2)33-21-10-7-15(11-16(21)12-25)23-26-27-24(34-23)19-6-4-5-18-17(19)8-9-20(18)28-35(30,31)13-22(29)32-3/h4-7,10-11,14,20,28H,8-9,13H2,1-3H3. The number of carbonyl (C=O) groups is 1. The highest BCUT2D eigenvalue weighted by Gasteiger charge is 2.30. The van der Waals surface area contributed by atoms with E-state index < -0.39 is 27.8 Å². The number of methoxy groups -OCH3 is 1. The predicted molar refractivity (Wildman–Crippen MR) is 131 cm³/mol. The topological polar surface area (TPSA) is 131 Å². The van der Waals surface area contributed by atoms with Crippen molar-refractivity contribution in [3.8, 4) is 33.0 Å². The Bertz CT molecular complexity index is 1410. The Morgan fingerprint density at radius 3 is 2.74 bits per heavy atom. The number of nitriles is 1. The van der Waals surface area contributed by atoms with Gasteiger partial charge in [-0.25, -0.2) is 13.1 Å². The zero-order chi connectivity index (χ0) is 25.2. The third-order valence-corrected chi connectivity index (χ3v) is 7.76. The summed E-state index contributed by atoms with van der Waals surface area (Å²) in [4.78, 5) is 11.4. The van der Waals surface area contributed by atoms with E-state index in [-0.39, 0.29) is 6.10 Å². The molecule has 0 spiro atoms. The van der Waals surface area contributed by atoms with Gasteiger partial charge in [-0.05, 0) is 56.0 Å². The first-order valence-electron chi connectivity index (χ1n) is 10.9.